The van der Waals surface area contributed by atoms with Crippen LogP contribution in [0.25, 0.3) is 22.4 Å². The first-order valence-electron chi connectivity index (χ1n) is 13.2. The number of likely N-dealkylation sites (N-methyl/N-ethyl adjacent to an activating group) is 1. The Kier molecular flexibility index (Phi) is 6.26. The van der Waals surface area contributed by atoms with Crippen LogP contribution in [0.2, 0.25) is 0 Å². The molecule has 1 aromatic heterocycles. The van der Waals surface area contributed by atoms with E-state index in [1.807, 2.05) is 48.3 Å². The fraction of sp³-hybridized carbons (Fsp3) is 0.345. The minimum atomic E-state index is -0.652. The highest BCUT2D eigenvalue weighted by Gasteiger charge is 2.39. The van der Waals surface area contributed by atoms with Gasteiger partial charge in [0.1, 0.15) is 6.04 Å². The number of aryl methyl sites for hydroxylation is 1. The van der Waals surface area contributed by atoms with Gasteiger partial charge in [-0.3, -0.25) is 29.2 Å². The van der Waals surface area contributed by atoms with Crippen LogP contribution in [-0.4, -0.2) is 87.4 Å². The molecule has 10 heteroatoms. The number of nitrogens with one attached hydrogen (secondary N) is 1. The highest BCUT2D eigenvalue weighted by molar-refractivity contribution is 6.05. The van der Waals surface area contributed by atoms with Gasteiger partial charge in [0.25, 0.3) is 11.8 Å². The van der Waals surface area contributed by atoms with Gasteiger partial charge >= 0.3 is 0 Å². The summed E-state index contributed by atoms with van der Waals surface area (Å²) >= 11 is 0. The third kappa shape index (κ3) is 4.50. The molecule has 200 valence electrons. The molecule has 0 radical (unpaired) electrons. The molecule has 2 aromatic carbocycles. The van der Waals surface area contributed by atoms with E-state index in [-0.39, 0.29) is 24.1 Å². The molecule has 2 fully saturated rings. The number of imide groups is 1. The van der Waals surface area contributed by atoms with Gasteiger partial charge in [-0.1, -0.05) is 18.2 Å². The number of nitrogens with zero attached hydrogens (tertiary/aromatic N) is 5. The maximum Gasteiger partial charge on any atom is 0.255 e. The summed E-state index contributed by atoms with van der Waals surface area (Å²) in [5.74, 6) is -0.903. The van der Waals surface area contributed by atoms with Crippen molar-refractivity contribution in [3.63, 3.8) is 0 Å². The van der Waals surface area contributed by atoms with Gasteiger partial charge in [-0.05, 0) is 48.9 Å². The molecule has 0 aliphatic carbocycles. The van der Waals surface area contributed by atoms with Crippen LogP contribution in [0.5, 0.6) is 0 Å². The van der Waals surface area contributed by atoms with E-state index in [9.17, 15) is 19.2 Å². The molecule has 0 spiro atoms. The second kappa shape index (κ2) is 9.77. The standard InChI is InChI=1S/C29H30N6O4/c1-32-10-12-34(13-11-32)28(38)20-5-3-4-19(15-20)26-23(16-30-33(26)2)18-6-7-22-21(14-18)17-35(29(22)39)24-8-9-25(36)31-27(24)37/h3-7,14-16,24H,8-13,17H2,1-2H3,(H,31,36,37). The number of piperidine rings is 1. The summed E-state index contributed by atoms with van der Waals surface area (Å²) in [6.07, 6.45) is 2.34. The molecule has 3 aliphatic heterocycles. The number of amides is 4. The average Bonchev–Trinajstić information content (AvgIpc) is 3.48. The summed E-state index contributed by atoms with van der Waals surface area (Å²) in [6, 6.07) is 12.7. The van der Waals surface area contributed by atoms with E-state index >= 15 is 0 Å². The molecule has 4 amide bonds. The van der Waals surface area contributed by atoms with Crippen molar-refractivity contribution in [3.05, 3.63) is 65.4 Å². The van der Waals surface area contributed by atoms with Crippen molar-refractivity contribution in [2.75, 3.05) is 33.2 Å². The molecular weight excluding hydrogens is 496 g/mol. The number of hydrogen-bond donors (Lipinski definition) is 1. The van der Waals surface area contributed by atoms with E-state index in [4.69, 9.17) is 0 Å². The second-order valence-corrected chi connectivity index (χ2v) is 10.5. The maximum absolute atomic E-state index is 13.2. The first-order valence-corrected chi connectivity index (χ1v) is 13.2. The van der Waals surface area contributed by atoms with Gasteiger partial charge in [-0.2, -0.15) is 5.10 Å². The lowest BCUT2D eigenvalue weighted by Gasteiger charge is -2.32. The third-order valence-electron chi connectivity index (χ3n) is 7.95. The number of fused-ring (bicyclic) bond motifs is 1. The third-order valence-corrected chi connectivity index (χ3v) is 7.95. The lowest BCUT2D eigenvalue weighted by molar-refractivity contribution is -0.136. The van der Waals surface area contributed by atoms with Crippen molar-refractivity contribution in [1.82, 2.24) is 29.8 Å². The summed E-state index contributed by atoms with van der Waals surface area (Å²) in [4.78, 5) is 56.0. The lowest BCUT2D eigenvalue weighted by Crippen LogP contribution is -2.52. The number of piperazine rings is 1. The Morgan fingerprint density at radius 1 is 0.949 bits per heavy atom. The topological polar surface area (TPSA) is 108 Å². The van der Waals surface area contributed by atoms with Crippen LogP contribution in [0.1, 0.15) is 39.1 Å². The monoisotopic (exact) mass is 526 g/mol. The summed E-state index contributed by atoms with van der Waals surface area (Å²) in [5, 5.41) is 6.85. The molecule has 39 heavy (non-hydrogen) atoms. The Balaban J connectivity index is 1.28. The molecule has 1 atom stereocenters. The quantitative estimate of drug-likeness (QED) is 0.521. The zero-order chi connectivity index (χ0) is 27.3. The predicted molar refractivity (Wildman–Crippen MR) is 144 cm³/mol. The summed E-state index contributed by atoms with van der Waals surface area (Å²) < 4.78 is 1.79. The molecule has 1 unspecified atom stereocenters. The van der Waals surface area contributed by atoms with Crippen molar-refractivity contribution >= 4 is 23.6 Å². The highest BCUT2D eigenvalue weighted by atomic mass is 16.2. The van der Waals surface area contributed by atoms with E-state index in [0.717, 1.165) is 41.0 Å². The first kappa shape index (κ1) is 25.0. The van der Waals surface area contributed by atoms with Gasteiger partial charge in [-0.25, -0.2) is 0 Å². The van der Waals surface area contributed by atoms with Crippen LogP contribution in [0.15, 0.2) is 48.7 Å². The number of aromatic nitrogens is 2. The molecule has 4 heterocycles. The van der Waals surface area contributed by atoms with Crippen LogP contribution in [-0.2, 0) is 23.2 Å². The van der Waals surface area contributed by atoms with E-state index in [0.29, 0.717) is 37.2 Å². The Hall–Kier alpha value is -4.31. The van der Waals surface area contributed by atoms with Crippen molar-refractivity contribution in [2.45, 2.75) is 25.4 Å². The fourth-order valence-electron chi connectivity index (χ4n) is 5.72. The van der Waals surface area contributed by atoms with Gasteiger partial charge in [-0.15, -0.1) is 0 Å². The Morgan fingerprint density at radius 3 is 2.51 bits per heavy atom. The van der Waals surface area contributed by atoms with Gasteiger partial charge in [0.2, 0.25) is 11.8 Å². The maximum atomic E-state index is 13.2. The van der Waals surface area contributed by atoms with Gasteiger partial charge < -0.3 is 14.7 Å². The molecule has 10 nitrogen and oxygen atoms in total. The normalized spacial score (nSPS) is 19.8. The molecular formula is C29H30N6O4. The van der Waals surface area contributed by atoms with Crippen molar-refractivity contribution < 1.29 is 19.2 Å². The van der Waals surface area contributed by atoms with Gasteiger partial charge in [0, 0.05) is 68.4 Å². The Morgan fingerprint density at radius 2 is 1.74 bits per heavy atom. The van der Waals surface area contributed by atoms with E-state index < -0.39 is 11.9 Å². The summed E-state index contributed by atoms with van der Waals surface area (Å²) in [5.41, 5.74) is 5.57. The summed E-state index contributed by atoms with van der Waals surface area (Å²) in [6.45, 7) is 3.44. The largest absolute Gasteiger partial charge is 0.336 e. The van der Waals surface area contributed by atoms with E-state index in [1.165, 1.54) is 0 Å². The minimum Gasteiger partial charge on any atom is -0.336 e. The molecule has 2 saturated heterocycles. The zero-order valence-electron chi connectivity index (χ0n) is 22.0. The van der Waals surface area contributed by atoms with Crippen LogP contribution >= 0.6 is 0 Å². The Labute approximate surface area is 226 Å². The van der Waals surface area contributed by atoms with Crippen molar-refractivity contribution in [2.24, 2.45) is 7.05 Å². The van der Waals surface area contributed by atoms with Gasteiger partial charge in [0.15, 0.2) is 0 Å². The molecule has 3 aliphatic rings. The number of rotatable bonds is 4. The Bertz CT molecular complexity index is 1500. The van der Waals surface area contributed by atoms with Gasteiger partial charge in [0.05, 0.1) is 11.9 Å². The molecule has 0 bridgehead atoms. The van der Waals surface area contributed by atoms with Crippen molar-refractivity contribution in [3.8, 4) is 22.4 Å². The van der Waals surface area contributed by atoms with Crippen LogP contribution in [0, 0.1) is 0 Å². The summed E-state index contributed by atoms with van der Waals surface area (Å²) in [7, 11) is 3.93. The second-order valence-electron chi connectivity index (χ2n) is 10.5. The molecule has 1 N–H and O–H groups in total. The van der Waals surface area contributed by atoms with E-state index in [1.54, 1.807) is 21.8 Å². The zero-order valence-corrected chi connectivity index (χ0v) is 22.0. The molecule has 6 rings (SSSR count). The number of benzene rings is 2. The highest BCUT2D eigenvalue weighted by Crippen LogP contribution is 2.36. The molecule has 3 aromatic rings. The minimum absolute atomic E-state index is 0.0262. The first-order chi connectivity index (χ1) is 18.8. The van der Waals surface area contributed by atoms with Crippen molar-refractivity contribution in [1.29, 1.82) is 0 Å². The molecule has 0 saturated carbocycles. The fourth-order valence-corrected chi connectivity index (χ4v) is 5.72. The predicted octanol–water partition coefficient (Wildman–Crippen LogP) is 1.90. The SMILES string of the molecule is CN1CCN(C(=O)c2cccc(-c3c(-c4ccc5c(c4)CN(C4CCC(=O)NC4=O)C5=O)cnn3C)c2)CC1. The number of hydrogen-bond acceptors (Lipinski definition) is 6. The lowest BCUT2D eigenvalue weighted by atomic mass is 9.97. The van der Waals surface area contributed by atoms with Crippen LogP contribution in [0.3, 0.4) is 0 Å². The number of carbonyl (C=O) groups excluding carboxylic acids is 4. The van der Waals surface area contributed by atoms with E-state index in [2.05, 4.69) is 22.4 Å². The van der Waals surface area contributed by atoms with Crippen LogP contribution in [0.4, 0.5) is 0 Å². The smallest absolute Gasteiger partial charge is 0.255 e. The van der Waals surface area contributed by atoms with Crippen LogP contribution < -0.4 is 5.32 Å². The average molecular weight is 527 g/mol. The number of carbonyl (C=O) groups is 4.